The van der Waals surface area contributed by atoms with Crippen molar-refractivity contribution >= 4 is 5.91 Å². The average molecular weight is 264 g/mol. The number of likely N-dealkylation sites (N-methyl/N-ethyl adjacent to an activating group) is 1. The normalized spacial score (nSPS) is 22.4. The number of hydrogen-bond donors (Lipinski definition) is 2. The number of amides is 1. The van der Waals surface area contributed by atoms with Gasteiger partial charge < -0.3 is 20.5 Å². The lowest BCUT2D eigenvalue weighted by molar-refractivity contribution is -0.141. The molecule has 104 valence electrons. The molecule has 19 heavy (non-hydrogen) atoms. The Labute approximate surface area is 113 Å². The van der Waals surface area contributed by atoms with Crippen LogP contribution in [0.15, 0.2) is 24.3 Å². The van der Waals surface area contributed by atoms with Crippen molar-refractivity contribution in [3.05, 3.63) is 29.8 Å². The number of aromatic hydroxyl groups is 1. The van der Waals surface area contributed by atoms with Crippen molar-refractivity contribution in [1.29, 1.82) is 0 Å². The molecule has 5 heteroatoms. The van der Waals surface area contributed by atoms with Crippen molar-refractivity contribution in [1.82, 2.24) is 4.90 Å². The van der Waals surface area contributed by atoms with Crippen LogP contribution in [0.25, 0.3) is 0 Å². The van der Waals surface area contributed by atoms with Crippen LogP contribution in [0.2, 0.25) is 0 Å². The maximum atomic E-state index is 12.2. The summed E-state index contributed by atoms with van der Waals surface area (Å²) in [6.45, 7) is 0.825. The van der Waals surface area contributed by atoms with E-state index in [0.717, 1.165) is 12.0 Å². The van der Waals surface area contributed by atoms with Crippen LogP contribution in [0.3, 0.4) is 0 Å². The van der Waals surface area contributed by atoms with Gasteiger partial charge in [-0.15, -0.1) is 0 Å². The Hall–Kier alpha value is -1.59. The second-order valence-electron chi connectivity index (χ2n) is 4.88. The molecule has 0 radical (unpaired) electrons. The molecule has 3 N–H and O–H groups in total. The van der Waals surface area contributed by atoms with Crippen molar-refractivity contribution in [2.24, 2.45) is 5.73 Å². The molecule has 5 nitrogen and oxygen atoms in total. The van der Waals surface area contributed by atoms with Gasteiger partial charge in [0.05, 0.1) is 6.10 Å². The van der Waals surface area contributed by atoms with Crippen LogP contribution in [-0.4, -0.2) is 41.7 Å². The maximum absolute atomic E-state index is 12.2. The fraction of sp³-hybridized carbons (Fsp3) is 0.500. The summed E-state index contributed by atoms with van der Waals surface area (Å²) in [5.41, 5.74) is 6.26. The van der Waals surface area contributed by atoms with Crippen molar-refractivity contribution in [3.63, 3.8) is 0 Å². The minimum absolute atomic E-state index is 0.00696. The number of carbonyl (C=O) groups excluding carboxylic acids is 1. The van der Waals surface area contributed by atoms with Gasteiger partial charge in [-0.3, -0.25) is 4.79 Å². The Balaban J connectivity index is 1.95. The molecule has 0 bridgehead atoms. The Morgan fingerprint density at radius 3 is 2.84 bits per heavy atom. The Morgan fingerprint density at radius 2 is 2.21 bits per heavy atom. The van der Waals surface area contributed by atoms with Crippen LogP contribution in [0.5, 0.6) is 5.75 Å². The molecule has 1 aromatic carbocycles. The van der Waals surface area contributed by atoms with E-state index < -0.39 is 6.10 Å². The number of benzene rings is 1. The summed E-state index contributed by atoms with van der Waals surface area (Å²) >= 11 is 0. The zero-order chi connectivity index (χ0) is 13.8. The summed E-state index contributed by atoms with van der Waals surface area (Å²) in [5, 5.41) is 9.70. The lowest BCUT2D eigenvalue weighted by Gasteiger charge is -2.21. The fourth-order valence-electron chi connectivity index (χ4n) is 2.28. The monoisotopic (exact) mass is 264 g/mol. The van der Waals surface area contributed by atoms with Crippen LogP contribution in [-0.2, 0) is 16.1 Å². The number of hydrogen-bond acceptors (Lipinski definition) is 4. The molecule has 2 unspecified atom stereocenters. The highest BCUT2D eigenvalue weighted by Gasteiger charge is 2.31. The number of nitrogens with two attached hydrogens (primary N) is 1. The van der Waals surface area contributed by atoms with E-state index in [4.69, 9.17) is 10.5 Å². The van der Waals surface area contributed by atoms with E-state index >= 15 is 0 Å². The fourth-order valence-corrected chi connectivity index (χ4v) is 2.28. The van der Waals surface area contributed by atoms with Gasteiger partial charge in [0.15, 0.2) is 0 Å². The Morgan fingerprint density at radius 1 is 1.47 bits per heavy atom. The molecule has 2 atom stereocenters. The predicted octanol–water partition coefficient (Wildman–Crippen LogP) is 0.857. The van der Waals surface area contributed by atoms with Gasteiger partial charge in [-0.05, 0) is 18.9 Å². The minimum atomic E-state index is -0.399. The van der Waals surface area contributed by atoms with Gasteiger partial charge in [-0.1, -0.05) is 18.2 Å². The summed E-state index contributed by atoms with van der Waals surface area (Å²) in [7, 11) is 1.72. The molecule has 1 aromatic rings. The first-order valence-electron chi connectivity index (χ1n) is 6.49. The Bertz CT molecular complexity index is 450. The third kappa shape index (κ3) is 3.24. The molecule has 1 aliphatic rings. The second kappa shape index (κ2) is 6.04. The first kappa shape index (κ1) is 13.8. The van der Waals surface area contributed by atoms with Crippen LogP contribution >= 0.6 is 0 Å². The third-order valence-electron chi connectivity index (χ3n) is 3.42. The molecule has 0 spiro atoms. The zero-order valence-electron chi connectivity index (χ0n) is 11.1. The van der Waals surface area contributed by atoms with Gasteiger partial charge in [0, 0.05) is 25.7 Å². The highest BCUT2D eigenvalue weighted by molar-refractivity contribution is 5.81. The second-order valence-corrected chi connectivity index (χ2v) is 4.88. The number of para-hydroxylation sites is 1. The van der Waals surface area contributed by atoms with E-state index in [-0.39, 0.29) is 17.8 Å². The van der Waals surface area contributed by atoms with Crippen LogP contribution in [0, 0.1) is 0 Å². The highest BCUT2D eigenvalue weighted by Crippen LogP contribution is 2.22. The molecule has 2 rings (SSSR count). The van der Waals surface area contributed by atoms with E-state index in [0.29, 0.717) is 19.5 Å². The maximum Gasteiger partial charge on any atom is 0.251 e. The van der Waals surface area contributed by atoms with Crippen molar-refractivity contribution in [2.45, 2.75) is 31.6 Å². The van der Waals surface area contributed by atoms with Gasteiger partial charge in [0.1, 0.15) is 11.9 Å². The lowest BCUT2D eigenvalue weighted by Crippen LogP contribution is -2.36. The van der Waals surface area contributed by atoms with Gasteiger partial charge in [-0.2, -0.15) is 0 Å². The van der Waals surface area contributed by atoms with E-state index in [1.54, 1.807) is 30.1 Å². The molecular formula is C14H20N2O3. The first-order valence-corrected chi connectivity index (χ1v) is 6.49. The molecule has 1 heterocycles. The largest absolute Gasteiger partial charge is 0.508 e. The van der Waals surface area contributed by atoms with Crippen LogP contribution < -0.4 is 5.73 Å². The summed E-state index contributed by atoms with van der Waals surface area (Å²) in [6, 6.07) is 7.01. The summed E-state index contributed by atoms with van der Waals surface area (Å²) in [5.74, 6) is 0.147. The molecule has 0 aliphatic carbocycles. The Kier molecular flexibility index (Phi) is 4.39. The summed E-state index contributed by atoms with van der Waals surface area (Å²) < 4.78 is 5.58. The predicted molar refractivity (Wildman–Crippen MR) is 71.5 cm³/mol. The average Bonchev–Trinajstić information content (AvgIpc) is 2.89. The van der Waals surface area contributed by atoms with Crippen molar-refractivity contribution in [3.8, 4) is 5.75 Å². The lowest BCUT2D eigenvalue weighted by atomic mass is 10.1. The van der Waals surface area contributed by atoms with Gasteiger partial charge >= 0.3 is 0 Å². The zero-order valence-corrected chi connectivity index (χ0v) is 11.1. The smallest absolute Gasteiger partial charge is 0.251 e. The minimum Gasteiger partial charge on any atom is -0.508 e. The molecule has 1 aliphatic heterocycles. The van der Waals surface area contributed by atoms with E-state index in [1.807, 2.05) is 6.07 Å². The van der Waals surface area contributed by atoms with E-state index in [2.05, 4.69) is 0 Å². The molecule has 0 saturated carbocycles. The summed E-state index contributed by atoms with van der Waals surface area (Å²) in [6.07, 6.45) is 1.14. The van der Waals surface area contributed by atoms with Crippen molar-refractivity contribution in [2.75, 3.05) is 13.6 Å². The van der Waals surface area contributed by atoms with Crippen LogP contribution in [0.4, 0.5) is 0 Å². The molecule has 0 aromatic heterocycles. The standard InChI is InChI=1S/C14H20N2O3/c1-16(9-10-4-2-3-5-12(10)17)14(18)13-7-6-11(8-15)19-13/h2-5,11,13,17H,6-9,15H2,1H3. The molecule has 1 saturated heterocycles. The molecule has 1 fully saturated rings. The van der Waals surface area contributed by atoms with E-state index in [1.165, 1.54) is 0 Å². The number of ether oxygens (including phenoxy) is 1. The number of phenols is 1. The van der Waals surface area contributed by atoms with E-state index in [9.17, 15) is 9.90 Å². The highest BCUT2D eigenvalue weighted by atomic mass is 16.5. The van der Waals surface area contributed by atoms with Gasteiger partial charge in [0.25, 0.3) is 5.91 Å². The summed E-state index contributed by atoms with van der Waals surface area (Å²) in [4.78, 5) is 13.8. The van der Waals surface area contributed by atoms with Crippen molar-refractivity contribution < 1.29 is 14.6 Å². The number of phenolic OH excluding ortho intramolecular Hbond substituents is 1. The first-order chi connectivity index (χ1) is 9.11. The number of nitrogens with zero attached hydrogens (tertiary/aromatic N) is 1. The van der Waals surface area contributed by atoms with Crippen LogP contribution in [0.1, 0.15) is 18.4 Å². The number of rotatable bonds is 4. The van der Waals surface area contributed by atoms with Gasteiger partial charge in [-0.25, -0.2) is 0 Å². The number of carbonyl (C=O) groups is 1. The molecule has 1 amide bonds. The topological polar surface area (TPSA) is 75.8 Å². The SMILES string of the molecule is CN(Cc1ccccc1O)C(=O)C1CCC(CN)O1. The van der Waals surface area contributed by atoms with Gasteiger partial charge in [0.2, 0.25) is 0 Å². The molecular weight excluding hydrogens is 244 g/mol. The third-order valence-corrected chi connectivity index (χ3v) is 3.42. The quantitative estimate of drug-likeness (QED) is 0.845.